The number of rotatable bonds is 4. The molecule has 0 saturated carbocycles. The number of carboxylic acid groups (broad SMARTS) is 1. The van der Waals surface area contributed by atoms with Gasteiger partial charge < -0.3 is 21.3 Å². The molecule has 19 heavy (non-hydrogen) atoms. The van der Waals surface area contributed by atoms with Crippen molar-refractivity contribution in [3.63, 3.8) is 0 Å². The largest absolute Gasteiger partial charge is 0.483 e. The van der Waals surface area contributed by atoms with E-state index in [0.717, 1.165) is 6.07 Å². The molecule has 0 fully saturated rings. The van der Waals surface area contributed by atoms with Gasteiger partial charge in [-0.2, -0.15) is 13.2 Å². The summed E-state index contributed by atoms with van der Waals surface area (Å²) in [5.41, 5.74) is 10.9. The average Bonchev–Trinajstić information content (AvgIpc) is 2.28. The van der Waals surface area contributed by atoms with Crippen molar-refractivity contribution < 1.29 is 27.8 Å². The molecule has 5 nitrogen and oxygen atoms in total. The van der Waals surface area contributed by atoms with Gasteiger partial charge in [-0.15, -0.1) is 0 Å². The highest BCUT2D eigenvalue weighted by atomic mass is 19.4. The fourth-order valence-corrected chi connectivity index (χ4v) is 1.59. The molecule has 0 radical (unpaired) electrons. The van der Waals surface area contributed by atoms with Crippen molar-refractivity contribution in [1.82, 2.24) is 0 Å². The number of hydrogen-bond donors (Lipinski definition) is 3. The zero-order valence-electron chi connectivity index (χ0n) is 10.0. The van der Waals surface area contributed by atoms with Crippen LogP contribution in [0.15, 0.2) is 6.07 Å². The molecule has 0 spiro atoms. The number of nitrogens with two attached hydrogens (primary N) is 2. The molecule has 0 saturated heterocycles. The van der Waals surface area contributed by atoms with Crippen molar-refractivity contribution >= 4 is 17.3 Å². The fourth-order valence-electron chi connectivity index (χ4n) is 1.59. The van der Waals surface area contributed by atoms with Gasteiger partial charge in [-0.1, -0.05) is 6.92 Å². The Morgan fingerprint density at radius 2 is 2.00 bits per heavy atom. The first-order valence-electron chi connectivity index (χ1n) is 5.31. The maximum absolute atomic E-state index is 12.2. The number of alkyl halides is 3. The van der Waals surface area contributed by atoms with Crippen LogP contribution in [0.5, 0.6) is 5.75 Å². The van der Waals surface area contributed by atoms with Crippen LogP contribution in [0.3, 0.4) is 0 Å². The smallest absolute Gasteiger partial charge is 0.422 e. The summed E-state index contributed by atoms with van der Waals surface area (Å²) in [7, 11) is 0. The summed E-state index contributed by atoms with van der Waals surface area (Å²) >= 11 is 0. The molecule has 8 heteroatoms. The van der Waals surface area contributed by atoms with Crippen LogP contribution in [0.25, 0.3) is 0 Å². The molecule has 1 rings (SSSR count). The van der Waals surface area contributed by atoms with Gasteiger partial charge in [-0.05, 0) is 12.5 Å². The molecule has 0 aliphatic heterocycles. The van der Waals surface area contributed by atoms with E-state index in [0.29, 0.717) is 0 Å². The van der Waals surface area contributed by atoms with E-state index in [1.807, 2.05) is 0 Å². The second-order valence-electron chi connectivity index (χ2n) is 3.80. The van der Waals surface area contributed by atoms with E-state index >= 15 is 0 Å². The second kappa shape index (κ2) is 5.25. The summed E-state index contributed by atoms with van der Waals surface area (Å²) < 4.78 is 41.1. The number of halogens is 3. The molecule has 0 aromatic heterocycles. The number of hydrogen-bond acceptors (Lipinski definition) is 4. The third kappa shape index (κ3) is 3.43. The predicted octanol–water partition coefficient (Wildman–Crippen LogP) is 2.05. The summed E-state index contributed by atoms with van der Waals surface area (Å²) in [4.78, 5) is 11.0. The Hall–Kier alpha value is -2.12. The SMILES string of the molecule is CCc1c(N)c(N)cc(C(=O)O)c1OCC(F)(F)F. The van der Waals surface area contributed by atoms with Crippen molar-refractivity contribution in [3.8, 4) is 5.75 Å². The first-order chi connectivity index (χ1) is 8.67. The maximum Gasteiger partial charge on any atom is 0.422 e. The second-order valence-corrected chi connectivity index (χ2v) is 3.80. The molecule has 0 atom stereocenters. The van der Waals surface area contributed by atoms with Crippen LogP contribution in [0.1, 0.15) is 22.8 Å². The van der Waals surface area contributed by atoms with Gasteiger partial charge in [0.2, 0.25) is 0 Å². The van der Waals surface area contributed by atoms with Gasteiger partial charge in [0.05, 0.1) is 11.4 Å². The third-order valence-corrected chi connectivity index (χ3v) is 2.42. The number of carboxylic acids is 1. The Morgan fingerprint density at radius 1 is 1.42 bits per heavy atom. The molecule has 5 N–H and O–H groups in total. The summed E-state index contributed by atoms with van der Waals surface area (Å²) in [6.07, 6.45) is -4.37. The van der Waals surface area contributed by atoms with Gasteiger partial charge in [-0.3, -0.25) is 0 Å². The zero-order valence-corrected chi connectivity index (χ0v) is 10.0. The van der Waals surface area contributed by atoms with Crippen LogP contribution in [0.2, 0.25) is 0 Å². The van der Waals surface area contributed by atoms with E-state index in [-0.39, 0.29) is 29.1 Å². The summed E-state index contributed by atoms with van der Waals surface area (Å²) in [6.45, 7) is 0.0147. The highest BCUT2D eigenvalue weighted by Gasteiger charge is 2.30. The first-order valence-corrected chi connectivity index (χ1v) is 5.31. The molecule has 0 aliphatic carbocycles. The van der Waals surface area contributed by atoms with Crippen molar-refractivity contribution in [2.24, 2.45) is 0 Å². The van der Waals surface area contributed by atoms with Crippen LogP contribution in [-0.4, -0.2) is 23.9 Å². The molecule has 1 aromatic carbocycles. The Bertz CT molecular complexity index is 501. The Balaban J connectivity index is 3.32. The first kappa shape index (κ1) is 14.9. The van der Waals surface area contributed by atoms with E-state index in [4.69, 9.17) is 16.6 Å². The van der Waals surface area contributed by atoms with E-state index in [2.05, 4.69) is 4.74 Å². The third-order valence-electron chi connectivity index (χ3n) is 2.42. The zero-order chi connectivity index (χ0) is 14.8. The van der Waals surface area contributed by atoms with Gasteiger partial charge in [0, 0.05) is 5.56 Å². The number of nitrogen functional groups attached to an aromatic ring is 2. The van der Waals surface area contributed by atoms with E-state index in [1.54, 1.807) is 6.92 Å². The van der Waals surface area contributed by atoms with Gasteiger partial charge in [0.1, 0.15) is 11.3 Å². The predicted molar refractivity (Wildman–Crippen MR) is 63.2 cm³/mol. The Morgan fingerprint density at radius 3 is 2.42 bits per heavy atom. The molecule has 1 aromatic rings. The Kier molecular flexibility index (Phi) is 4.13. The van der Waals surface area contributed by atoms with Crippen molar-refractivity contribution in [3.05, 3.63) is 17.2 Å². The standard InChI is InChI=1S/C11H13F3N2O3/c1-2-5-8(16)7(15)3-6(10(17)18)9(5)19-4-11(12,13)14/h3H,2,4,15-16H2,1H3,(H,17,18). The lowest BCUT2D eigenvalue weighted by molar-refractivity contribution is -0.153. The lowest BCUT2D eigenvalue weighted by Gasteiger charge is -2.17. The summed E-state index contributed by atoms with van der Waals surface area (Å²) in [5, 5.41) is 8.97. The van der Waals surface area contributed by atoms with E-state index in [9.17, 15) is 18.0 Å². The minimum absolute atomic E-state index is 0.00592. The number of carbonyl (C=O) groups is 1. The lowest BCUT2D eigenvalue weighted by Crippen LogP contribution is -2.21. The minimum Gasteiger partial charge on any atom is -0.483 e. The van der Waals surface area contributed by atoms with Crippen molar-refractivity contribution in [2.45, 2.75) is 19.5 Å². The highest BCUT2D eigenvalue weighted by molar-refractivity contribution is 5.95. The molecular formula is C11H13F3N2O3. The monoisotopic (exact) mass is 278 g/mol. The molecule has 106 valence electrons. The number of anilines is 2. The van der Waals surface area contributed by atoms with Crippen LogP contribution in [0, 0.1) is 0 Å². The van der Waals surface area contributed by atoms with Crippen LogP contribution >= 0.6 is 0 Å². The van der Waals surface area contributed by atoms with Crippen molar-refractivity contribution in [1.29, 1.82) is 0 Å². The van der Waals surface area contributed by atoms with Crippen molar-refractivity contribution in [2.75, 3.05) is 18.1 Å². The van der Waals surface area contributed by atoms with E-state index in [1.165, 1.54) is 0 Å². The molecule has 0 heterocycles. The minimum atomic E-state index is -4.57. The van der Waals surface area contributed by atoms with Crippen LogP contribution < -0.4 is 16.2 Å². The van der Waals surface area contributed by atoms with Gasteiger partial charge in [0.25, 0.3) is 0 Å². The molecule has 0 aliphatic rings. The molecule has 0 unspecified atom stereocenters. The maximum atomic E-state index is 12.2. The summed E-state index contributed by atoms with van der Waals surface area (Å²) in [5.74, 6) is -1.82. The van der Waals surface area contributed by atoms with Gasteiger partial charge in [0.15, 0.2) is 6.61 Å². The Labute approximate surface area is 107 Å². The molecular weight excluding hydrogens is 265 g/mol. The fraction of sp³-hybridized carbons (Fsp3) is 0.364. The molecule has 0 bridgehead atoms. The average molecular weight is 278 g/mol. The van der Waals surface area contributed by atoms with Crippen LogP contribution in [0.4, 0.5) is 24.5 Å². The van der Waals surface area contributed by atoms with Crippen LogP contribution in [-0.2, 0) is 6.42 Å². The lowest BCUT2D eigenvalue weighted by atomic mass is 10.0. The quantitative estimate of drug-likeness (QED) is 0.732. The summed E-state index contributed by atoms with van der Waals surface area (Å²) in [6, 6.07) is 0.989. The normalized spacial score (nSPS) is 11.4. The highest BCUT2D eigenvalue weighted by Crippen LogP contribution is 2.35. The topological polar surface area (TPSA) is 98.6 Å². The van der Waals surface area contributed by atoms with Gasteiger partial charge >= 0.3 is 12.1 Å². The number of ether oxygens (including phenoxy) is 1. The molecule has 0 amide bonds. The van der Waals surface area contributed by atoms with Gasteiger partial charge in [-0.25, -0.2) is 4.79 Å². The van der Waals surface area contributed by atoms with E-state index < -0.39 is 24.3 Å². The number of benzene rings is 1. The number of aromatic carboxylic acids is 1.